The lowest BCUT2D eigenvalue weighted by molar-refractivity contribution is 0.415. The van der Waals surface area contributed by atoms with E-state index in [4.69, 9.17) is 4.74 Å². The van der Waals surface area contributed by atoms with Crippen LogP contribution in [0.2, 0.25) is 0 Å². The lowest BCUT2D eigenvalue weighted by Gasteiger charge is -2.10. The molecule has 2 aromatic rings. The van der Waals surface area contributed by atoms with Gasteiger partial charge in [0.15, 0.2) is 0 Å². The molecule has 0 unspecified atom stereocenters. The summed E-state index contributed by atoms with van der Waals surface area (Å²) in [5.41, 5.74) is 0.671. The maximum Gasteiger partial charge on any atom is 0.330 e. The molecule has 0 saturated heterocycles. The van der Waals surface area contributed by atoms with Crippen molar-refractivity contribution in [3.63, 3.8) is 0 Å². The van der Waals surface area contributed by atoms with Gasteiger partial charge in [-0.15, -0.1) is 0 Å². The Bertz CT molecular complexity index is 698. The second-order valence-corrected chi connectivity index (χ2v) is 4.00. The van der Waals surface area contributed by atoms with Crippen LogP contribution < -0.4 is 16.0 Å². The summed E-state index contributed by atoms with van der Waals surface area (Å²) in [4.78, 5) is 23.5. The van der Waals surface area contributed by atoms with Crippen LogP contribution in [0.15, 0.2) is 39.9 Å². The molecular formula is C13H14N2O3. The van der Waals surface area contributed by atoms with E-state index in [9.17, 15) is 9.59 Å². The van der Waals surface area contributed by atoms with Gasteiger partial charge in [-0.3, -0.25) is 13.9 Å². The van der Waals surface area contributed by atoms with Gasteiger partial charge in [-0.05, 0) is 12.1 Å². The van der Waals surface area contributed by atoms with Crippen LogP contribution >= 0.6 is 0 Å². The van der Waals surface area contributed by atoms with Crippen molar-refractivity contribution in [3.05, 3.63) is 51.2 Å². The first-order valence-corrected chi connectivity index (χ1v) is 5.46. The molecule has 0 atom stereocenters. The second-order valence-electron chi connectivity index (χ2n) is 4.00. The van der Waals surface area contributed by atoms with Crippen molar-refractivity contribution in [2.75, 3.05) is 7.11 Å². The molecule has 0 fully saturated rings. The van der Waals surface area contributed by atoms with Crippen molar-refractivity contribution >= 4 is 0 Å². The largest absolute Gasteiger partial charge is 0.497 e. The highest BCUT2D eigenvalue weighted by molar-refractivity contribution is 5.61. The number of hydrogen-bond donors (Lipinski definition) is 0. The van der Waals surface area contributed by atoms with Gasteiger partial charge >= 0.3 is 5.69 Å². The number of benzene rings is 1. The Labute approximate surface area is 104 Å². The molecule has 0 saturated carbocycles. The Morgan fingerprint density at radius 1 is 1.06 bits per heavy atom. The molecule has 0 aliphatic carbocycles. The maximum atomic E-state index is 11.8. The normalized spacial score (nSPS) is 10.4. The molecule has 1 heterocycles. The van der Waals surface area contributed by atoms with Crippen molar-refractivity contribution < 1.29 is 4.74 Å². The number of hydrogen-bond acceptors (Lipinski definition) is 3. The maximum absolute atomic E-state index is 11.8. The quantitative estimate of drug-likeness (QED) is 0.786. The van der Waals surface area contributed by atoms with Crippen molar-refractivity contribution in [1.82, 2.24) is 9.13 Å². The molecule has 0 amide bonds. The van der Waals surface area contributed by atoms with Gasteiger partial charge in [0, 0.05) is 25.7 Å². The van der Waals surface area contributed by atoms with E-state index < -0.39 is 0 Å². The summed E-state index contributed by atoms with van der Waals surface area (Å²) >= 11 is 0. The standard InChI is InChI=1S/C13H14N2O3/c1-14-11(8-12(16)15(2)13(14)17)9-5-4-6-10(7-9)18-3/h4-8H,1-3H3. The lowest BCUT2D eigenvalue weighted by Crippen LogP contribution is -2.36. The fraction of sp³-hybridized carbons (Fsp3) is 0.231. The first-order chi connectivity index (χ1) is 8.54. The van der Waals surface area contributed by atoms with Crippen LogP contribution in [0.5, 0.6) is 5.75 Å². The smallest absolute Gasteiger partial charge is 0.330 e. The van der Waals surface area contributed by atoms with Gasteiger partial charge in [0.05, 0.1) is 12.8 Å². The number of rotatable bonds is 2. The third-order valence-corrected chi connectivity index (χ3v) is 2.89. The molecule has 0 aliphatic heterocycles. The van der Waals surface area contributed by atoms with Gasteiger partial charge in [0.25, 0.3) is 5.56 Å². The molecule has 0 spiro atoms. The van der Waals surface area contributed by atoms with E-state index in [-0.39, 0.29) is 11.2 Å². The first-order valence-electron chi connectivity index (χ1n) is 5.46. The van der Waals surface area contributed by atoms with Crippen LogP contribution in [0.1, 0.15) is 0 Å². The average molecular weight is 246 g/mol. The van der Waals surface area contributed by atoms with E-state index in [0.29, 0.717) is 11.4 Å². The molecule has 1 aromatic heterocycles. The van der Waals surface area contributed by atoms with E-state index in [1.807, 2.05) is 18.2 Å². The second kappa shape index (κ2) is 4.52. The third-order valence-electron chi connectivity index (χ3n) is 2.89. The van der Waals surface area contributed by atoms with E-state index in [1.54, 1.807) is 20.2 Å². The number of aromatic nitrogens is 2. The van der Waals surface area contributed by atoms with Gasteiger partial charge in [-0.1, -0.05) is 12.1 Å². The van der Waals surface area contributed by atoms with Gasteiger partial charge in [-0.2, -0.15) is 0 Å². The zero-order chi connectivity index (χ0) is 13.3. The highest BCUT2D eigenvalue weighted by atomic mass is 16.5. The summed E-state index contributed by atoms with van der Waals surface area (Å²) in [6.07, 6.45) is 0. The summed E-state index contributed by atoms with van der Waals surface area (Å²) in [5.74, 6) is 0.681. The summed E-state index contributed by atoms with van der Waals surface area (Å²) in [7, 11) is 4.67. The molecule has 0 aliphatic rings. The van der Waals surface area contributed by atoms with Gasteiger partial charge < -0.3 is 4.74 Å². The topological polar surface area (TPSA) is 53.2 Å². The van der Waals surface area contributed by atoms with Crippen LogP contribution in [0, 0.1) is 0 Å². The molecule has 5 nitrogen and oxygen atoms in total. The van der Waals surface area contributed by atoms with Crippen LogP contribution in [-0.2, 0) is 14.1 Å². The van der Waals surface area contributed by atoms with E-state index in [1.165, 1.54) is 17.7 Å². The van der Waals surface area contributed by atoms with E-state index >= 15 is 0 Å². The Balaban J connectivity index is 2.71. The summed E-state index contributed by atoms with van der Waals surface area (Å²) in [6, 6.07) is 8.68. The molecule has 94 valence electrons. The SMILES string of the molecule is COc1cccc(-c2cc(=O)n(C)c(=O)n2C)c1. The minimum absolute atomic E-state index is 0.323. The zero-order valence-corrected chi connectivity index (χ0v) is 10.5. The van der Waals surface area contributed by atoms with Crippen LogP contribution in [0.3, 0.4) is 0 Å². The Morgan fingerprint density at radius 3 is 2.44 bits per heavy atom. The van der Waals surface area contributed by atoms with Crippen molar-refractivity contribution in [1.29, 1.82) is 0 Å². The molecule has 18 heavy (non-hydrogen) atoms. The van der Waals surface area contributed by atoms with E-state index in [2.05, 4.69) is 0 Å². The minimum Gasteiger partial charge on any atom is -0.497 e. The number of methoxy groups -OCH3 is 1. The molecule has 0 bridgehead atoms. The summed E-state index contributed by atoms with van der Waals surface area (Å²) in [5, 5.41) is 0. The van der Waals surface area contributed by atoms with Gasteiger partial charge in [0.1, 0.15) is 5.75 Å². The summed E-state index contributed by atoms with van der Waals surface area (Å²) < 4.78 is 7.64. The predicted molar refractivity (Wildman–Crippen MR) is 68.9 cm³/mol. The fourth-order valence-electron chi connectivity index (χ4n) is 1.79. The van der Waals surface area contributed by atoms with E-state index in [0.717, 1.165) is 10.1 Å². The molecule has 0 N–H and O–H groups in total. The molecule has 0 radical (unpaired) electrons. The van der Waals surface area contributed by atoms with Crippen molar-refractivity contribution in [3.8, 4) is 17.0 Å². The van der Waals surface area contributed by atoms with Gasteiger partial charge in [-0.25, -0.2) is 4.79 Å². The minimum atomic E-state index is -0.347. The van der Waals surface area contributed by atoms with Crippen LogP contribution in [-0.4, -0.2) is 16.2 Å². The zero-order valence-electron chi connectivity index (χ0n) is 10.5. The van der Waals surface area contributed by atoms with Crippen LogP contribution in [0.4, 0.5) is 0 Å². The van der Waals surface area contributed by atoms with Crippen molar-refractivity contribution in [2.24, 2.45) is 14.1 Å². The lowest BCUT2D eigenvalue weighted by atomic mass is 10.1. The van der Waals surface area contributed by atoms with Crippen molar-refractivity contribution in [2.45, 2.75) is 0 Å². The first kappa shape index (κ1) is 12.2. The van der Waals surface area contributed by atoms with Gasteiger partial charge in [0.2, 0.25) is 0 Å². The Morgan fingerprint density at radius 2 is 1.78 bits per heavy atom. The summed E-state index contributed by atoms with van der Waals surface area (Å²) in [6.45, 7) is 0. The third kappa shape index (κ3) is 1.95. The van der Waals surface area contributed by atoms with Crippen LogP contribution in [0.25, 0.3) is 11.3 Å². The average Bonchev–Trinajstić information content (AvgIpc) is 2.40. The molecule has 5 heteroatoms. The molecule has 1 aromatic carbocycles. The molecule has 2 rings (SSSR count). The number of nitrogens with zero attached hydrogens (tertiary/aromatic N) is 2. The predicted octanol–water partition coefficient (Wildman–Crippen LogP) is 0.760. The fourth-order valence-corrected chi connectivity index (χ4v) is 1.79. The monoisotopic (exact) mass is 246 g/mol. The number of ether oxygens (including phenoxy) is 1. The Hall–Kier alpha value is -2.30. The highest BCUT2D eigenvalue weighted by Crippen LogP contribution is 2.21. The highest BCUT2D eigenvalue weighted by Gasteiger charge is 2.08. The molecular weight excluding hydrogens is 232 g/mol. The Kier molecular flexibility index (Phi) is 3.06.